The third-order valence-electron chi connectivity index (χ3n) is 3.10. The highest BCUT2D eigenvalue weighted by molar-refractivity contribution is 5.62. The Labute approximate surface area is 118 Å². The normalized spacial score (nSPS) is 11.2. The first-order valence-corrected chi connectivity index (χ1v) is 6.48. The van der Waals surface area contributed by atoms with Crippen LogP contribution in [0.15, 0.2) is 48.5 Å². The highest BCUT2D eigenvalue weighted by Gasteiger charge is 2.13. The van der Waals surface area contributed by atoms with Crippen molar-refractivity contribution < 1.29 is 4.92 Å². The molecule has 20 heavy (non-hydrogen) atoms. The third kappa shape index (κ3) is 3.35. The molecule has 0 radical (unpaired) electrons. The molecule has 0 spiro atoms. The minimum Gasteiger partial charge on any atom is -0.355 e. The molecule has 4 nitrogen and oxygen atoms in total. The smallest absolute Gasteiger partial charge is 0.271 e. The number of hydrogen-bond acceptors (Lipinski definition) is 3. The van der Waals surface area contributed by atoms with Crippen molar-refractivity contribution in [2.45, 2.75) is 26.2 Å². The summed E-state index contributed by atoms with van der Waals surface area (Å²) in [4.78, 5) is 10.3. The number of anilines is 2. The highest BCUT2D eigenvalue weighted by Crippen LogP contribution is 2.25. The minimum atomic E-state index is -0.395. The second-order valence-corrected chi connectivity index (χ2v) is 5.76. The van der Waals surface area contributed by atoms with E-state index in [0.717, 1.165) is 5.69 Å². The van der Waals surface area contributed by atoms with Gasteiger partial charge in [0, 0.05) is 23.5 Å². The van der Waals surface area contributed by atoms with E-state index >= 15 is 0 Å². The maximum absolute atomic E-state index is 10.7. The molecule has 2 aromatic rings. The van der Waals surface area contributed by atoms with Gasteiger partial charge in [0.15, 0.2) is 0 Å². The topological polar surface area (TPSA) is 55.2 Å². The fraction of sp³-hybridized carbons (Fsp3) is 0.250. The van der Waals surface area contributed by atoms with Crippen LogP contribution in [-0.2, 0) is 5.41 Å². The number of hydrogen-bond donors (Lipinski definition) is 1. The molecule has 0 amide bonds. The van der Waals surface area contributed by atoms with Gasteiger partial charge in [0.1, 0.15) is 0 Å². The van der Waals surface area contributed by atoms with Gasteiger partial charge in [0.05, 0.1) is 4.92 Å². The largest absolute Gasteiger partial charge is 0.355 e. The van der Waals surface area contributed by atoms with Crippen LogP contribution in [0.1, 0.15) is 26.3 Å². The Morgan fingerprint density at radius 3 is 2.20 bits per heavy atom. The van der Waals surface area contributed by atoms with E-state index in [-0.39, 0.29) is 11.1 Å². The first kappa shape index (κ1) is 14.1. The Morgan fingerprint density at radius 1 is 1.00 bits per heavy atom. The van der Waals surface area contributed by atoms with Gasteiger partial charge < -0.3 is 5.32 Å². The molecular weight excluding hydrogens is 252 g/mol. The van der Waals surface area contributed by atoms with Crippen molar-refractivity contribution >= 4 is 17.1 Å². The van der Waals surface area contributed by atoms with Crippen molar-refractivity contribution in [1.82, 2.24) is 0 Å². The number of non-ortho nitro benzene ring substituents is 1. The van der Waals surface area contributed by atoms with E-state index in [9.17, 15) is 10.1 Å². The predicted octanol–water partition coefficient (Wildman–Crippen LogP) is 4.64. The quantitative estimate of drug-likeness (QED) is 0.653. The van der Waals surface area contributed by atoms with Gasteiger partial charge in [-0.15, -0.1) is 0 Å². The van der Waals surface area contributed by atoms with E-state index in [4.69, 9.17) is 0 Å². The maximum atomic E-state index is 10.7. The molecule has 104 valence electrons. The van der Waals surface area contributed by atoms with E-state index in [1.807, 2.05) is 18.2 Å². The minimum absolute atomic E-state index is 0.0845. The summed E-state index contributed by atoms with van der Waals surface area (Å²) in [7, 11) is 0. The Morgan fingerprint density at radius 2 is 1.65 bits per heavy atom. The Balaban J connectivity index is 2.18. The van der Waals surface area contributed by atoms with E-state index in [0.29, 0.717) is 5.69 Å². The molecule has 1 N–H and O–H groups in total. The molecule has 0 saturated carbocycles. The fourth-order valence-corrected chi connectivity index (χ4v) is 1.92. The van der Waals surface area contributed by atoms with Gasteiger partial charge in [-0.3, -0.25) is 10.1 Å². The van der Waals surface area contributed by atoms with Crippen LogP contribution in [0.4, 0.5) is 17.1 Å². The Kier molecular flexibility index (Phi) is 3.74. The van der Waals surface area contributed by atoms with Crippen LogP contribution in [0.2, 0.25) is 0 Å². The second-order valence-electron chi connectivity index (χ2n) is 5.76. The molecule has 0 fully saturated rings. The second kappa shape index (κ2) is 5.33. The lowest BCUT2D eigenvalue weighted by Gasteiger charge is -2.19. The van der Waals surface area contributed by atoms with Gasteiger partial charge in [-0.25, -0.2) is 0 Å². The molecule has 0 aromatic heterocycles. The van der Waals surface area contributed by atoms with Crippen molar-refractivity contribution in [3.63, 3.8) is 0 Å². The summed E-state index contributed by atoms with van der Waals surface area (Å²) in [6.45, 7) is 6.49. The summed E-state index contributed by atoms with van der Waals surface area (Å²) >= 11 is 0. The average Bonchev–Trinajstić information content (AvgIpc) is 2.38. The van der Waals surface area contributed by atoms with Crippen LogP contribution < -0.4 is 5.32 Å². The fourth-order valence-electron chi connectivity index (χ4n) is 1.92. The molecule has 0 saturated heterocycles. The van der Waals surface area contributed by atoms with Crippen molar-refractivity contribution in [3.8, 4) is 0 Å². The lowest BCUT2D eigenvalue weighted by atomic mass is 9.87. The Hall–Kier alpha value is -2.36. The summed E-state index contributed by atoms with van der Waals surface area (Å²) < 4.78 is 0. The number of rotatable bonds is 3. The lowest BCUT2D eigenvalue weighted by Crippen LogP contribution is -2.10. The zero-order valence-electron chi connectivity index (χ0n) is 11.9. The third-order valence-corrected chi connectivity index (χ3v) is 3.10. The van der Waals surface area contributed by atoms with E-state index in [1.165, 1.54) is 17.7 Å². The molecule has 4 heteroatoms. The first-order chi connectivity index (χ1) is 9.36. The molecule has 0 aliphatic carbocycles. The standard InChI is InChI=1S/C16H18N2O2/c1-16(2,3)12-7-9-13(10-8-12)17-14-5-4-6-15(11-14)18(19)20/h4-11,17H,1-3H3. The molecule has 2 rings (SSSR count). The molecule has 0 atom stereocenters. The van der Waals surface area contributed by atoms with Crippen LogP contribution in [0.5, 0.6) is 0 Å². The lowest BCUT2D eigenvalue weighted by molar-refractivity contribution is -0.384. The summed E-state index contributed by atoms with van der Waals surface area (Å²) in [5, 5.41) is 13.9. The number of benzene rings is 2. The molecule has 0 aliphatic rings. The molecule has 0 heterocycles. The number of nitrogens with one attached hydrogen (secondary N) is 1. The van der Waals surface area contributed by atoms with Crippen LogP contribution in [-0.4, -0.2) is 4.92 Å². The molecule has 0 unspecified atom stereocenters. The van der Waals surface area contributed by atoms with Gasteiger partial charge in [-0.2, -0.15) is 0 Å². The van der Waals surface area contributed by atoms with Crippen molar-refractivity contribution in [2.75, 3.05) is 5.32 Å². The van der Waals surface area contributed by atoms with Gasteiger partial charge in [0.2, 0.25) is 0 Å². The van der Waals surface area contributed by atoms with Crippen molar-refractivity contribution in [2.24, 2.45) is 0 Å². The van der Waals surface area contributed by atoms with Crippen LogP contribution >= 0.6 is 0 Å². The van der Waals surface area contributed by atoms with E-state index in [2.05, 4.69) is 38.2 Å². The monoisotopic (exact) mass is 270 g/mol. The van der Waals surface area contributed by atoms with Crippen LogP contribution in [0.3, 0.4) is 0 Å². The highest BCUT2D eigenvalue weighted by atomic mass is 16.6. The van der Waals surface area contributed by atoms with E-state index in [1.54, 1.807) is 6.07 Å². The molecule has 2 aromatic carbocycles. The predicted molar refractivity (Wildman–Crippen MR) is 81.5 cm³/mol. The number of nitrogens with zero attached hydrogens (tertiary/aromatic N) is 1. The summed E-state index contributed by atoms with van der Waals surface area (Å²) in [5.41, 5.74) is 3.08. The SMILES string of the molecule is CC(C)(C)c1ccc(Nc2cccc([N+](=O)[O-])c2)cc1. The van der Waals surface area contributed by atoms with Gasteiger partial charge in [-0.05, 0) is 29.2 Å². The van der Waals surface area contributed by atoms with Gasteiger partial charge in [0.25, 0.3) is 5.69 Å². The molecule has 0 bridgehead atoms. The summed E-state index contributed by atoms with van der Waals surface area (Å²) in [6, 6.07) is 14.6. The zero-order chi connectivity index (χ0) is 14.8. The van der Waals surface area contributed by atoms with Crippen molar-refractivity contribution in [1.29, 1.82) is 0 Å². The van der Waals surface area contributed by atoms with E-state index < -0.39 is 4.92 Å². The van der Waals surface area contributed by atoms with Gasteiger partial charge >= 0.3 is 0 Å². The Bertz CT molecular complexity index is 613. The summed E-state index contributed by atoms with van der Waals surface area (Å²) in [6.07, 6.45) is 0. The van der Waals surface area contributed by atoms with Crippen molar-refractivity contribution in [3.05, 3.63) is 64.2 Å². The number of nitro groups is 1. The van der Waals surface area contributed by atoms with Gasteiger partial charge in [-0.1, -0.05) is 39.0 Å². The maximum Gasteiger partial charge on any atom is 0.271 e. The number of nitro benzene ring substituents is 1. The summed E-state index contributed by atoms with van der Waals surface area (Å²) in [5.74, 6) is 0. The van der Waals surface area contributed by atoms with Crippen LogP contribution in [0.25, 0.3) is 0 Å². The zero-order valence-corrected chi connectivity index (χ0v) is 11.9. The molecular formula is C16H18N2O2. The first-order valence-electron chi connectivity index (χ1n) is 6.48. The average molecular weight is 270 g/mol. The molecule has 0 aliphatic heterocycles. The van der Waals surface area contributed by atoms with Crippen LogP contribution in [0, 0.1) is 10.1 Å².